The fourth-order valence-corrected chi connectivity index (χ4v) is 2.14. The largest absolute Gasteiger partial charge is 0.324 e. The van der Waals surface area contributed by atoms with Crippen LogP contribution in [0.5, 0.6) is 0 Å². The van der Waals surface area contributed by atoms with Gasteiger partial charge in [-0.15, -0.1) is 0 Å². The Balaban J connectivity index is 2.04. The van der Waals surface area contributed by atoms with Gasteiger partial charge in [-0.1, -0.05) is 0 Å². The van der Waals surface area contributed by atoms with Crippen molar-refractivity contribution >= 4 is 22.7 Å². The quantitative estimate of drug-likeness (QED) is 0.808. The molecule has 22 heavy (non-hydrogen) atoms. The number of rotatable bonds is 3. The van der Waals surface area contributed by atoms with Crippen molar-refractivity contribution < 1.29 is 8.78 Å². The number of anilines is 2. The number of hydrogen-bond acceptors (Lipinski definition) is 4. The average molecular weight is 302 g/mol. The first kappa shape index (κ1) is 14.1. The molecule has 0 saturated carbocycles. The van der Waals surface area contributed by atoms with Crippen LogP contribution in [0, 0.1) is 11.6 Å². The summed E-state index contributed by atoms with van der Waals surface area (Å²) in [6.07, 6.45) is 1.57. The van der Waals surface area contributed by atoms with Crippen molar-refractivity contribution in [1.82, 2.24) is 14.5 Å². The van der Waals surface area contributed by atoms with Gasteiger partial charge in [-0.3, -0.25) is 9.36 Å². The molecule has 0 saturated heterocycles. The van der Waals surface area contributed by atoms with Crippen molar-refractivity contribution in [2.75, 3.05) is 5.32 Å². The van der Waals surface area contributed by atoms with E-state index < -0.39 is 11.6 Å². The summed E-state index contributed by atoms with van der Waals surface area (Å²) in [6, 6.07) is 6.51. The molecular formula is C15H12F2N4O. The SMILES string of the molecule is CCn1c(=O)ccc2cnc(Nc3ccc(F)c(F)c3)nc21. The zero-order chi connectivity index (χ0) is 15.7. The zero-order valence-electron chi connectivity index (χ0n) is 11.7. The molecule has 0 aliphatic rings. The number of nitrogens with zero attached hydrogens (tertiary/aromatic N) is 3. The molecule has 2 heterocycles. The summed E-state index contributed by atoms with van der Waals surface area (Å²) >= 11 is 0. The fourth-order valence-electron chi connectivity index (χ4n) is 2.14. The van der Waals surface area contributed by atoms with E-state index in [1.807, 2.05) is 6.92 Å². The molecule has 0 fully saturated rings. The van der Waals surface area contributed by atoms with Gasteiger partial charge in [0.15, 0.2) is 11.6 Å². The van der Waals surface area contributed by atoms with Crippen molar-refractivity contribution in [3.05, 3.63) is 58.5 Å². The maximum atomic E-state index is 13.2. The second-order valence-corrected chi connectivity index (χ2v) is 4.64. The minimum atomic E-state index is -0.962. The van der Waals surface area contributed by atoms with E-state index in [9.17, 15) is 13.6 Å². The Morgan fingerprint density at radius 2 is 2.00 bits per heavy atom. The van der Waals surface area contributed by atoms with Gasteiger partial charge in [-0.2, -0.15) is 4.98 Å². The van der Waals surface area contributed by atoms with E-state index >= 15 is 0 Å². The molecule has 0 bridgehead atoms. The molecule has 3 rings (SSSR count). The molecule has 0 radical (unpaired) electrons. The minimum Gasteiger partial charge on any atom is -0.324 e. The van der Waals surface area contributed by atoms with Gasteiger partial charge in [-0.05, 0) is 25.1 Å². The van der Waals surface area contributed by atoms with E-state index in [2.05, 4.69) is 15.3 Å². The van der Waals surface area contributed by atoms with Crippen LogP contribution in [0.1, 0.15) is 6.92 Å². The second kappa shape index (κ2) is 5.51. The Labute approximate surface area is 124 Å². The molecule has 0 spiro atoms. The predicted octanol–water partition coefficient (Wildman–Crippen LogP) is 2.83. The zero-order valence-corrected chi connectivity index (χ0v) is 11.7. The van der Waals surface area contributed by atoms with E-state index in [-0.39, 0.29) is 11.5 Å². The van der Waals surface area contributed by atoms with Crippen molar-refractivity contribution in [3.63, 3.8) is 0 Å². The van der Waals surface area contributed by atoms with Gasteiger partial charge in [0.05, 0.1) is 0 Å². The number of pyridine rings is 1. The van der Waals surface area contributed by atoms with Crippen LogP contribution in [0.4, 0.5) is 20.4 Å². The lowest BCUT2D eigenvalue weighted by atomic mass is 10.3. The fraction of sp³-hybridized carbons (Fsp3) is 0.133. The third-order valence-corrected chi connectivity index (χ3v) is 3.22. The van der Waals surface area contributed by atoms with Gasteiger partial charge in [0, 0.05) is 35.9 Å². The highest BCUT2D eigenvalue weighted by Gasteiger charge is 2.07. The summed E-state index contributed by atoms with van der Waals surface area (Å²) in [5.41, 5.74) is 0.641. The van der Waals surface area contributed by atoms with Crippen molar-refractivity contribution in [2.45, 2.75) is 13.5 Å². The molecule has 0 unspecified atom stereocenters. The smallest absolute Gasteiger partial charge is 0.252 e. The molecule has 5 nitrogen and oxygen atoms in total. The van der Waals surface area contributed by atoms with Gasteiger partial charge >= 0.3 is 0 Å². The third kappa shape index (κ3) is 2.52. The maximum Gasteiger partial charge on any atom is 0.252 e. The number of fused-ring (bicyclic) bond motifs is 1. The molecule has 1 N–H and O–H groups in total. The normalized spacial score (nSPS) is 10.9. The molecule has 0 aliphatic heterocycles. The Morgan fingerprint density at radius 3 is 2.73 bits per heavy atom. The van der Waals surface area contributed by atoms with Crippen molar-refractivity contribution in [3.8, 4) is 0 Å². The highest BCUT2D eigenvalue weighted by Crippen LogP contribution is 2.18. The van der Waals surface area contributed by atoms with Crippen molar-refractivity contribution in [1.29, 1.82) is 0 Å². The first-order chi connectivity index (χ1) is 10.6. The molecule has 0 atom stereocenters. The van der Waals surface area contributed by atoms with Gasteiger partial charge in [-0.25, -0.2) is 13.8 Å². The molecule has 1 aromatic carbocycles. The topological polar surface area (TPSA) is 59.8 Å². The lowest BCUT2D eigenvalue weighted by Gasteiger charge is -2.09. The highest BCUT2D eigenvalue weighted by atomic mass is 19.2. The molecule has 2 aromatic heterocycles. The van der Waals surface area contributed by atoms with Crippen molar-refractivity contribution in [2.24, 2.45) is 0 Å². The predicted molar refractivity (Wildman–Crippen MR) is 79.1 cm³/mol. The third-order valence-electron chi connectivity index (χ3n) is 3.22. The van der Waals surface area contributed by atoms with E-state index in [0.29, 0.717) is 17.9 Å². The van der Waals surface area contributed by atoms with E-state index in [1.165, 1.54) is 16.7 Å². The molecule has 3 aromatic rings. The Hall–Kier alpha value is -2.83. The second-order valence-electron chi connectivity index (χ2n) is 4.64. The molecule has 7 heteroatoms. The van der Waals surface area contributed by atoms with Crippen LogP contribution >= 0.6 is 0 Å². The van der Waals surface area contributed by atoms with E-state index in [0.717, 1.165) is 17.5 Å². The van der Waals surface area contributed by atoms with Gasteiger partial charge < -0.3 is 5.32 Å². The summed E-state index contributed by atoms with van der Waals surface area (Å²) in [5, 5.41) is 3.51. The highest BCUT2D eigenvalue weighted by molar-refractivity contribution is 5.75. The van der Waals surface area contributed by atoms with Crippen LogP contribution in [0.2, 0.25) is 0 Å². The lowest BCUT2D eigenvalue weighted by Crippen LogP contribution is -2.19. The Kier molecular flexibility index (Phi) is 3.54. The maximum absolute atomic E-state index is 13.2. The monoisotopic (exact) mass is 302 g/mol. The first-order valence-corrected chi connectivity index (χ1v) is 6.67. The summed E-state index contributed by atoms with van der Waals surface area (Å²) in [6.45, 7) is 2.31. The minimum absolute atomic E-state index is 0.160. The standard InChI is InChI=1S/C15H12F2N4O/c1-2-21-13(22)6-3-9-8-18-15(20-14(9)21)19-10-4-5-11(16)12(17)7-10/h3-8H,2H2,1H3,(H,18,19,20). The summed E-state index contributed by atoms with van der Waals surface area (Å²) in [7, 11) is 0. The molecule has 112 valence electrons. The molecule has 0 amide bonds. The average Bonchev–Trinajstić information content (AvgIpc) is 2.51. The van der Waals surface area contributed by atoms with Crippen LogP contribution in [0.15, 0.2) is 41.3 Å². The Morgan fingerprint density at radius 1 is 1.18 bits per heavy atom. The summed E-state index contributed by atoms with van der Waals surface area (Å²) in [5.74, 6) is -1.69. The molecule has 0 aliphatic carbocycles. The van der Waals surface area contributed by atoms with Gasteiger partial charge in [0.1, 0.15) is 5.65 Å². The lowest BCUT2D eigenvalue weighted by molar-refractivity contribution is 0.509. The van der Waals surface area contributed by atoms with E-state index in [4.69, 9.17) is 0 Å². The molecular weight excluding hydrogens is 290 g/mol. The van der Waals surface area contributed by atoms with Crippen LogP contribution in [0.25, 0.3) is 11.0 Å². The first-order valence-electron chi connectivity index (χ1n) is 6.67. The number of nitrogens with one attached hydrogen (secondary N) is 1. The number of halogens is 2. The summed E-state index contributed by atoms with van der Waals surface area (Å²) in [4.78, 5) is 20.2. The Bertz CT molecular complexity index is 908. The number of aryl methyl sites for hydroxylation is 1. The van der Waals surface area contributed by atoms with Crippen LogP contribution < -0.4 is 10.9 Å². The van der Waals surface area contributed by atoms with E-state index in [1.54, 1.807) is 12.3 Å². The van der Waals surface area contributed by atoms with Gasteiger partial charge in [0.2, 0.25) is 5.95 Å². The van der Waals surface area contributed by atoms with Crippen LogP contribution in [-0.2, 0) is 6.54 Å². The number of aromatic nitrogens is 3. The number of hydrogen-bond donors (Lipinski definition) is 1. The van der Waals surface area contributed by atoms with Gasteiger partial charge in [0.25, 0.3) is 5.56 Å². The summed E-state index contributed by atoms with van der Waals surface area (Å²) < 4.78 is 27.6. The number of benzene rings is 1. The van der Waals surface area contributed by atoms with Crippen LogP contribution in [0.3, 0.4) is 0 Å². The van der Waals surface area contributed by atoms with Crippen LogP contribution in [-0.4, -0.2) is 14.5 Å².